The van der Waals surface area contributed by atoms with E-state index in [-0.39, 0.29) is 23.1 Å². The van der Waals surface area contributed by atoms with E-state index in [2.05, 4.69) is 9.97 Å². The number of nitro groups is 1. The SMILES string of the molecule is Nc1nc(N)c(N)c(Cc2cccc([N+](=O)[O-])c2)n1. The lowest BCUT2D eigenvalue weighted by molar-refractivity contribution is -0.384. The van der Waals surface area contributed by atoms with Gasteiger partial charge in [0.1, 0.15) is 0 Å². The largest absolute Gasteiger partial charge is 0.394 e. The first-order valence-corrected chi connectivity index (χ1v) is 5.38. The highest BCUT2D eigenvalue weighted by atomic mass is 16.6. The predicted molar refractivity (Wildman–Crippen MR) is 71.2 cm³/mol. The van der Waals surface area contributed by atoms with Gasteiger partial charge < -0.3 is 17.2 Å². The second-order valence-electron chi connectivity index (χ2n) is 3.93. The number of nitrogens with zero attached hydrogens (tertiary/aromatic N) is 3. The molecule has 0 fully saturated rings. The van der Waals surface area contributed by atoms with Crippen LogP contribution in [0.15, 0.2) is 24.3 Å². The minimum absolute atomic E-state index is 0.00562. The maximum absolute atomic E-state index is 10.7. The van der Waals surface area contributed by atoms with Crippen LogP contribution in [-0.4, -0.2) is 14.9 Å². The van der Waals surface area contributed by atoms with Crippen molar-refractivity contribution >= 4 is 23.1 Å². The Morgan fingerprint density at radius 1 is 1.21 bits per heavy atom. The lowest BCUT2D eigenvalue weighted by Crippen LogP contribution is -2.09. The normalized spacial score (nSPS) is 10.3. The van der Waals surface area contributed by atoms with Gasteiger partial charge in [0.25, 0.3) is 5.69 Å². The first-order chi connectivity index (χ1) is 8.97. The minimum atomic E-state index is -0.463. The van der Waals surface area contributed by atoms with Crippen LogP contribution in [0.4, 0.5) is 23.1 Å². The van der Waals surface area contributed by atoms with Gasteiger partial charge in [-0.3, -0.25) is 10.1 Å². The average Bonchev–Trinajstić information content (AvgIpc) is 2.35. The van der Waals surface area contributed by atoms with Gasteiger partial charge in [-0.05, 0) is 5.56 Å². The summed E-state index contributed by atoms with van der Waals surface area (Å²) in [5, 5.41) is 10.7. The van der Waals surface area contributed by atoms with Crippen molar-refractivity contribution < 1.29 is 4.92 Å². The van der Waals surface area contributed by atoms with Crippen molar-refractivity contribution in [1.29, 1.82) is 0 Å². The molecule has 2 rings (SSSR count). The number of hydrogen-bond donors (Lipinski definition) is 3. The zero-order valence-corrected chi connectivity index (χ0v) is 9.91. The van der Waals surface area contributed by atoms with E-state index >= 15 is 0 Å². The van der Waals surface area contributed by atoms with Crippen molar-refractivity contribution in [3.05, 3.63) is 45.6 Å². The molecule has 1 heterocycles. The fourth-order valence-corrected chi connectivity index (χ4v) is 1.66. The van der Waals surface area contributed by atoms with Crippen LogP contribution in [0.1, 0.15) is 11.3 Å². The molecule has 0 saturated carbocycles. The highest BCUT2D eigenvalue weighted by Crippen LogP contribution is 2.22. The standard InChI is InChI=1S/C11H12N6O2/c12-9-8(15-11(14)16-10(9)13)5-6-2-1-3-7(4-6)17(18)19/h1-4H,5,12H2,(H4,13,14,15,16). The Labute approximate surface area is 108 Å². The highest BCUT2D eigenvalue weighted by molar-refractivity contribution is 5.63. The summed E-state index contributed by atoms with van der Waals surface area (Å²) < 4.78 is 0. The molecule has 0 bridgehead atoms. The van der Waals surface area contributed by atoms with E-state index in [1.54, 1.807) is 12.1 Å². The maximum atomic E-state index is 10.7. The van der Waals surface area contributed by atoms with Crippen LogP contribution < -0.4 is 17.2 Å². The first-order valence-electron chi connectivity index (χ1n) is 5.38. The van der Waals surface area contributed by atoms with Crippen LogP contribution in [-0.2, 0) is 6.42 Å². The molecule has 0 amide bonds. The van der Waals surface area contributed by atoms with E-state index in [9.17, 15) is 10.1 Å². The van der Waals surface area contributed by atoms with Gasteiger partial charge in [0.2, 0.25) is 5.95 Å². The molecular weight excluding hydrogens is 248 g/mol. The number of hydrogen-bond acceptors (Lipinski definition) is 7. The van der Waals surface area contributed by atoms with Gasteiger partial charge in [-0.1, -0.05) is 12.1 Å². The Hall–Kier alpha value is -2.90. The smallest absolute Gasteiger partial charge is 0.269 e. The van der Waals surface area contributed by atoms with Crippen LogP contribution >= 0.6 is 0 Å². The van der Waals surface area contributed by atoms with Crippen LogP contribution in [0.3, 0.4) is 0 Å². The van der Waals surface area contributed by atoms with Crippen molar-refractivity contribution in [3.8, 4) is 0 Å². The second kappa shape index (κ2) is 4.77. The van der Waals surface area contributed by atoms with Crippen molar-refractivity contribution in [2.24, 2.45) is 0 Å². The molecule has 2 aromatic rings. The number of non-ortho nitro benzene ring substituents is 1. The first kappa shape index (κ1) is 12.6. The summed E-state index contributed by atoms with van der Waals surface area (Å²) in [7, 11) is 0. The van der Waals surface area contributed by atoms with E-state index in [0.717, 1.165) is 0 Å². The summed E-state index contributed by atoms with van der Waals surface area (Å²) in [6.07, 6.45) is 0.296. The molecule has 0 unspecified atom stereocenters. The molecule has 0 radical (unpaired) electrons. The number of nitrogens with two attached hydrogens (primary N) is 3. The Balaban J connectivity index is 2.36. The zero-order valence-electron chi connectivity index (χ0n) is 9.91. The van der Waals surface area contributed by atoms with Crippen molar-refractivity contribution in [2.45, 2.75) is 6.42 Å². The Kier molecular flexibility index (Phi) is 3.15. The van der Waals surface area contributed by atoms with Crippen molar-refractivity contribution in [3.63, 3.8) is 0 Å². The maximum Gasteiger partial charge on any atom is 0.269 e. The predicted octanol–water partition coefficient (Wildman–Crippen LogP) is 0.722. The fourth-order valence-electron chi connectivity index (χ4n) is 1.66. The van der Waals surface area contributed by atoms with E-state index in [0.29, 0.717) is 17.7 Å². The van der Waals surface area contributed by atoms with Gasteiger partial charge in [0.15, 0.2) is 5.82 Å². The number of nitro benzene ring substituents is 1. The van der Waals surface area contributed by atoms with Crippen LogP contribution in [0.25, 0.3) is 0 Å². The third kappa shape index (κ3) is 2.68. The molecule has 0 aliphatic rings. The van der Waals surface area contributed by atoms with E-state index in [1.807, 2.05) is 0 Å². The van der Waals surface area contributed by atoms with Gasteiger partial charge in [0.05, 0.1) is 16.3 Å². The van der Waals surface area contributed by atoms with Gasteiger partial charge >= 0.3 is 0 Å². The van der Waals surface area contributed by atoms with E-state index < -0.39 is 4.92 Å². The molecule has 98 valence electrons. The Morgan fingerprint density at radius 3 is 2.63 bits per heavy atom. The topological polar surface area (TPSA) is 147 Å². The van der Waals surface area contributed by atoms with Crippen LogP contribution in [0, 0.1) is 10.1 Å². The summed E-state index contributed by atoms with van der Waals surface area (Å²) in [4.78, 5) is 18.0. The second-order valence-corrected chi connectivity index (χ2v) is 3.93. The van der Waals surface area contributed by atoms with Gasteiger partial charge in [-0.15, -0.1) is 0 Å². The number of aromatic nitrogens is 2. The van der Waals surface area contributed by atoms with E-state index in [1.165, 1.54) is 12.1 Å². The Morgan fingerprint density at radius 2 is 1.95 bits per heavy atom. The van der Waals surface area contributed by atoms with Crippen molar-refractivity contribution in [1.82, 2.24) is 9.97 Å². The van der Waals surface area contributed by atoms with Gasteiger partial charge in [0, 0.05) is 18.6 Å². The summed E-state index contributed by atoms with van der Waals surface area (Å²) in [5.74, 6) is 0.125. The monoisotopic (exact) mass is 260 g/mol. The Bertz CT molecular complexity index is 643. The molecule has 6 N–H and O–H groups in total. The molecule has 1 aromatic heterocycles. The molecule has 0 saturated heterocycles. The summed E-state index contributed by atoms with van der Waals surface area (Å²) in [5.41, 5.74) is 18.2. The van der Waals surface area contributed by atoms with E-state index in [4.69, 9.17) is 17.2 Å². The average molecular weight is 260 g/mol. The molecule has 19 heavy (non-hydrogen) atoms. The van der Waals surface area contributed by atoms with Crippen LogP contribution in [0.5, 0.6) is 0 Å². The summed E-state index contributed by atoms with van der Waals surface area (Å²) >= 11 is 0. The molecule has 0 spiro atoms. The lowest BCUT2D eigenvalue weighted by atomic mass is 10.1. The number of benzene rings is 1. The van der Waals surface area contributed by atoms with Crippen LogP contribution in [0.2, 0.25) is 0 Å². The highest BCUT2D eigenvalue weighted by Gasteiger charge is 2.11. The molecular formula is C11H12N6O2. The lowest BCUT2D eigenvalue weighted by Gasteiger charge is -2.07. The van der Waals surface area contributed by atoms with Gasteiger partial charge in [-0.2, -0.15) is 4.98 Å². The third-order valence-electron chi connectivity index (χ3n) is 2.56. The van der Waals surface area contributed by atoms with Gasteiger partial charge in [-0.25, -0.2) is 4.98 Å². The number of anilines is 3. The minimum Gasteiger partial charge on any atom is -0.394 e. The molecule has 0 atom stereocenters. The molecule has 0 aliphatic carbocycles. The van der Waals surface area contributed by atoms with Crippen molar-refractivity contribution in [2.75, 3.05) is 17.2 Å². The molecule has 8 heteroatoms. The quantitative estimate of drug-likeness (QED) is 0.544. The fraction of sp³-hybridized carbons (Fsp3) is 0.0909. The summed E-state index contributed by atoms with van der Waals surface area (Å²) in [6, 6.07) is 6.20. The molecule has 1 aromatic carbocycles. The molecule has 0 aliphatic heterocycles. The molecule has 8 nitrogen and oxygen atoms in total. The third-order valence-corrected chi connectivity index (χ3v) is 2.56. The zero-order chi connectivity index (χ0) is 14.0. The number of rotatable bonds is 3. The number of nitrogen functional groups attached to an aromatic ring is 3. The summed E-state index contributed by atoms with van der Waals surface area (Å²) in [6.45, 7) is 0.